The Kier molecular flexibility index (Phi) is 9.37. The molecule has 2 rings (SSSR count). The van der Waals surface area contributed by atoms with Gasteiger partial charge in [-0.05, 0) is 24.5 Å². The van der Waals surface area contributed by atoms with Crippen LogP contribution in [0.3, 0.4) is 0 Å². The molecule has 146 valence electrons. The van der Waals surface area contributed by atoms with E-state index in [1.165, 1.54) is 17.9 Å². The summed E-state index contributed by atoms with van der Waals surface area (Å²) < 4.78 is 11.2. The average Bonchev–Trinajstić information content (AvgIpc) is 3.11. The zero-order valence-corrected chi connectivity index (χ0v) is 17.0. The molecule has 7 heteroatoms. The van der Waals surface area contributed by atoms with Crippen molar-refractivity contribution in [3.8, 4) is 0 Å². The number of ether oxygens (including phenoxy) is 2. The van der Waals surface area contributed by atoms with Crippen LogP contribution in [0.15, 0.2) is 4.99 Å². The fraction of sp³-hybridized carbons (Fsp3) is 0.944. The van der Waals surface area contributed by atoms with Crippen LogP contribution < -0.4 is 10.6 Å². The second-order valence-corrected chi connectivity index (χ2v) is 8.38. The molecule has 2 N–H and O–H groups in total. The average molecular weight is 373 g/mol. The summed E-state index contributed by atoms with van der Waals surface area (Å²) in [7, 11) is 1.83. The molecule has 0 spiro atoms. The molecule has 2 heterocycles. The van der Waals surface area contributed by atoms with Crippen molar-refractivity contribution in [3.05, 3.63) is 0 Å². The lowest BCUT2D eigenvalue weighted by Gasteiger charge is -2.43. The second kappa shape index (κ2) is 11.3. The predicted octanol–water partition coefficient (Wildman–Crippen LogP) is 1.42. The Morgan fingerprint density at radius 1 is 1.28 bits per heavy atom. The first-order valence-electron chi connectivity index (χ1n) is 9.59. The van der Waals surface area contributed by atoms with E-state index >= 15 is 0 Å². The molecular formula is C18H36N4O2S. The van der Waals surface area contributed by atoms with E-state index in [4.69, 9.17) is 9.47 Å². The Labute approximate surface area is 157 Å². The van der Waals surface area contributed by atoms with Gasteiger partial charge >= 0.3 is 0 Å². The molecule has 1 atom stereocenters. The Balaban J connectivity index is 1.71. The minimum Gasteiger partial charge on any atom is -0.380 e. The van der Waals surface area contributed by atoms with Crippen LogP contribution >= 0.6 is 11.8 Å². The van der Waals surface area contributed by atoms with Crippen molar-refractivity contribution < 1.29 is 9.47 Å². The summed E-state index contributed by atoms with van der Waals surface area (Å²) in [5.41, 5.74) is 0.236. The van der Waals surface area contributed by atoms with E-state index in [0.29, 0.717) is 5.92 Å². The van der Waals surface area contributed by atoms with Gasteiger partial charge in [0.25, 0.3) is 0 Å². The van der Waals surface area contributed by atoms with E-state index in [2.05, 4.69) is 46.1 Å². The second-order valence-electron chi connectivity index (χ2n) is 7.27. The Hall–Kier alpha value is -0.500. The van der Waals surface area contributed by atoms with Crippen LogP contribution in [-0.4, -0.2) is 87.6 Å². The molecule has 0 aromatic heterocycles. The Morgan fingerprint density at radius 2 is 2.08 bits per heavy atom. The molecule has 0 aliphatic carbocycles. The van der Waals surface area contributed by atoms with Crippen molar-refractivity contribution in [2.75, 3.05) is 71.2 Å². The predicted molar refractivity (Wildman–Crippen MR) is 107 cm³/mol. The molecule has 0 saturated carbocycles. The number of morpholine rings is 1. The third-order valence-corrected chi connectivity index (χ3v) is 6.19. The fourth-order valence-electron chi connectivity index (χ4n) is 3.27. The summed E-state index contributed by atoms with van der Waals surface area (Å²) in [5.74, 6) is 4.00. The zero-order valence-electron chi connectivity index (χ0n) is 16.2. The maximum absolute atomic E-state index is 5.66. The zero-order chi connectivity index (χ0) is 18.0. The van der Waals surface area contributed by atoms with E-state index in [-0.39, 0.29) is 5.54 Å². The number of thioether (sulfide) groups is 1. The first-order chi connectivity index (χ1) is 12.2. The van der Waals surface area contributed by atoms with E-state index in [0.717, 1.165) is 65.0 Å². The SMILES string of the molecule is CN=C(NCCOCCC(C)C)NCC1(N2CCOCC2)CCSC1. The van der Waals surface area contributed by atoms with Gasteiger partial charge in [-0.15, -0.1) is 0 Å². The largest absolute Gasteiger partial charge is 0.380 e. The van der Waals surface area contributed by atoms with Crippen LogP contribution in [-0.2, 0) is 9.47 Å². The van der Waals surface area contributed by atoms with Crippen molar-refractivity contribution in [2.24, 2.45) is 10.9 Å². The highest BCUT2D eigenvalue weighted by Gasteiger charge is 2.40. The molecule has 0 aromatic carbocycles. The molecule has 6 nitrogen and oxygen atoms in total. The van der Waals surface area contributed by atoms with Gasteiger partial charge in [-0.25, -0.2) is 0 Å². The lowest BCUT2D eigenvalue weighted by atomic mass is 9.95. The van der Waals surface area contributed by atoms with E-state index in [1.54, 1.807) is 0 Å². The molecule has 1 unspecified atom stereocenters. The topological polar surface area (TPSA) is 58.1 Å². The first-order valence-corrected chi connectivity index (χ1v) is 10.7. The molecule has 2 saturated heterocycles. The molecule has 25 heavy (non-hydrogen) atoms. The molecule has 2 aliphatic rings. The van der Waals surface area contributed by atoms with E-state index in [1.807, 2.05) is 7.05 Å². The number of nitrogens with zero attached hydrogens (tertiary/aromatic N) is 2. The molecule has 0 bridgehead atoms. The molecule has 0 aromatic rings. The molecule has 0 radical (unpaired) electrons. The summed E-state index contributed by atoms with van der Waals surface area (Å²) in [5, 5.41) is 6.91. The minimum absolute atomic E-state index is 0.236. The summed E-state index contributed by atoms with van der Waals surface area (Å²) in [6.45, 7) is 11.5. The van der Waals surface area contributed by atoms with Crippen molar-refractivity contribution in [1.29, 1.82) is 0 Å². The van der Waals surface area contributed by atoms with Gasteiger partial charge < -0.3 is 20.1 Å². The van der Waals surface area contributed by atoms with Crippen molar-refractivity contribution in [2.45, 2.75) is 32.2 Å². The van der Waals surface area contributed by atoms with Gasteiger partial charge in [0.1, 0.15) is 0 Å². The molecule has 2 aliphatic heterocycles. The highest BCUT2D eigenvalue weighted by Crippen LogP contribution is 2.33. The van der Waals surface area contributed by atoms with Gasteiger partial charge in [-0.1, -0.05) is 13.8 Å². The molecule has 2 fully saturated rings. The lowest BCUT2D eigenvalue weighted by molar-refractivity contribution is -0.0120. The van der Waals surface area contributed by atoms with Crippen molar-refractivity contribution in [1.82, 2.24) is 15.5 Å². The van der Waals surface area contributed by atoms with E-state index in [9.17, 15) is 0 Å². The number of hydrogen-bond acceptors (Lipinski definition) is 5. The minimum atomic E-state index is 0.236. The number of nitrogens with one attached hydrogen (secondary N) is 2. The number of aliphatic imine (C=N–C) groups is 1. The smallest absolute Gasteiger partial charge is 0.191 e. The monoisotopic (exact) mass is 372 g/mol. The third-order valence-electron chi connectivity index (χ3n) is 4.95. The third kappa shape index (κ3) is 6.96. The Bertz CT molecular complexity index is 395. The standard InChI is InChI=1S/C18H36N4O2S/c1-16(2)4-9-23-10-6-20-17(19-3)21-14-18(5-13-25-15-18)22-7-11-24-12-8-22/h16H,4-15H2,1-3H3,(H2,19,20,21). The van der Waals surface area contributed by atoms with Crippen LogP contribution in [0.25, 0.3) is 0 Å². The van der Waals surface area contributed by atoms with E-state index < -0.39 is 0 Å². The van der Waals surface area contributed by atoms with Crippen molar-refractivity contribution >= 4 is 17.7 Å². The summed E-state index contributed by atoms with van der Waals surface area (Å²) in [4.78, 5) is 6.98. The summed E-state index contributed by atoms with van der Waals surface area (Å²) in [6, 6.07) is 0. The number of guanidine groups is 1. The highest BCUT2D eigenvalue weighted by molar-refractivity contribution is 7.99. The van der Waals surface area contributed by atoms with Crippen LogP contribution in [0, 0.1) is 5.92 Å². The Morgan fingerprint density at radius 3 is 2.72 bits per heavy atom. The van der Waals surface area contributed by atoms with Gasteiger partial charge in [0.2, 0.25) is 0 Å². The highest BCUT2D eigenvalue weighted by atomic mass is 32.2. The van der Waals surface area contributed by atoms with Crippen LogP contribution in [0.5, 0.6) is 0 Å². The molecule has 0 amide bonds. The van der Waals surface area contributed by atoms with Gasteiger partial charge in [0.05, 0.1) is 19.8 Å². The number of hydrogen-bond donors (Lipinski definition) is 2. The van der Waals surface area contributed by atoms with Crippen LogP contribution in [0.4, 0.5) is 0 Å². The first kappa shape index (κ1) is 20.8. The summed E-state index contributed by atoms with van der Waals surface area (Å²) in [6.07, 6.45) is 2.35. The van der Waals surface area contributed by atoms with Crippen LogP contribution in [0.1, 0.15) is 26.7 Å². The fourth-order valence-corrected chi connectivity index (χ4v) is 4.74. The summed E-state index contributed by atoms with van der Waals surface area (Å²) >= 11 is 2.06. The van der Waals surface area contributed by atoms with Gasteiger partial charge in [-0.3, -0.25) is 9.89 Å². The van der Waals surface area contributed by atoms with Crippen LogP contribution in [0.2, 0.25) is 0 Å². The normalized spacial score (nSPS) is 25.5. The maximum atomic E-state index is 5.66. The van der Waals surface area contributed by atoms with Gasteiger partial charge in [0, 0.05) is 51.1 Å². The van der Waals surface area contributed by atoms with Gasteiger partial charge in [-0.2, -0.15) is 11.8 Å². The number of rotatable bonds is 9. The van der Waals surface area contributed by atoms with Gasteiger partial charge in [0.15, 0.2) is 5.96 Å². The quantitative estimate of drug-likeness (QED) is 0.363. The van der Waals surface area contributed by atoms with Crippen molar-refractivity contribution in [3.63, 3.8) is 0 Å². The lowest BCUT2D eigenvalue weighted by Crippen LogP contribution is -2.60. The molecular weight excluding hydrogens is 336 g/mol. The maximum Gasteiger partial charge on any atom is 0.191 e.